The Hall–Kier alpha value is -1.09. The van der Waals surface area contributed by atoms with Crippen molar-refractivity contribution in [3.63, 3.8) is 0 Å². The summed E-state index contributed by atoms with van der Waals surface area (Å²) in [4.78, 5) is 6.93. The maximum atomic E-state index is 4.34. The molecular formula is C16H27N3. The number of aromatic nitrogens is 1. The number of unbranched alkanes of at least 4 members (excludes halogenated alkanes) is 1. The third-order valence-corrected chi connectivity index (χ3v) is 3.68. The van der Waals surface area contributed by atoms with Crippen LogP contribution in [-0.4, -0.2) is 24.1 Å². The van der Waals surface area contributed by atoms with Crippen LogP contribution in [0.25, 0.3) is 0 Å². The molecule has 0 spiro atoms. The summed E-state index contributed by atoms with van der Waals surface area (Å²) < 4.78 is 0. The molecule has 3 heteroatoms. The average Bonchev–Trinajstić information content (AvgIpc) is 3.26. The van der Waals surface area contributed by atoms with Crippen LogP contribution in [0.4, 0.5) is 5.69 Å². The number of rotatable bonds is 9. The van der Waals surface area contributed by atoms with E-state index in [1.807, 2.05) is 6.20 Å². The first-order valence-electron chi connectivity index (χ1n) is 7.77. The Morgan fingerprint density at radius 1 is 1.32 bits per heavy atom. The molecule has 0 aromatic carbocycles. The van der Waals surface area contributed by atoms with Gasteiger partial charge in [0.2, 0.25) is 0 Å². The Morgan fingerprint density at radius 3 is 2.84 bits per heavy atom. The van der Waals surface area contributed by atoms with E-state index in [9.17, 15) is 0 Å². The zero-order valence-electron chi connectivity index (χ0n) is 12.4. The highest BCUT2D eigenvalue weighted by Crippen LogP contribution is 2.33. The molecule has 2 rings (SSSR count). The maximum Gasteiger partial charge on any atom is 0.0600 e. The predicted octanol–water partition coefficient (Wildman–Crippen LogP) is 3.35. The quantitative estimate of drug-likeness (QED) is 0.691. The number of nitrogens with zero attached hydrogens (tertiary/aromatic N) is 2. The summed E-state index contributed by atoms with van der Waals surface area (Å²) in [5.41, 5.74) is 2.74. The van der Waals surface area contributed by atoms with E-state index in [0.29, 0.717) is 0 Å². The molecule has 0 amide bonds. The average molecular weight is 261 g/mol. The van der Waals surface area contributed by atoms with Gasteiger partial charge in [-0.25, -0.2) is 0 Å². The van der Waals surface area contributed by atoms with Crippen LogP contribution >= 0.6 is 0 Å². The van der Waals surface area contributed by atoms with E-state index < -0.39 is 0 Å². The Kier molecular flexibility index (Phi) is 5.64. The summed E-state index contributed by atoms with van der Waals surface area (Å²) in [6, 6.07) is 2.93. The fraction of sp³-hybridized carbons (Fsp3) is 0.688. The minimum atomic E-state index is 0.765. The van der Waals surface area contributed by atoms with Gasteiger partial charge in [0.1, 0.15) is 0 Å². The minimum Gasteiger partial charge on any atom is -0.367 e. The monoisotopic (exact) mass is 261 g/mol. The van der Waals surface area contributed by atoms with E-state index in [-0.39, 0.29) is 0 Å². The van der Waals surface area contributed by atoms with E-state index in [0.717, 1.165) is 19.1 Å². The van der Waals surface area contributed by atoms with Crippen molar-refractivity contribution in [2.24, 2.45) is 0 Å². The van der Waals surface area contributed by atoms with Crippen LogP contribution in [0.5, 0.6) is 0 Å². The van der Waals surface area contributed by atoms with E-state index in [2.05, 4.69) is 41.3 Å². The van der Waals surface area contributed by atoms with Crippen molar-refractivity contribution in [2.45, 2.75) is 58.5 Å². The van der Waals surface area contributed by atoms with E-state index >= 15 is 0 Å². The highest BCUT2D eigenvalue weighted by Gasteiger charge is 2.29. The first-order valence-corrected chi connectivity index (χ1v) is 7.77. The predicted molar refractivity (Wildman–Crippen MR) is 81.5 cm³/mol. The first-order chi connectivity index (χ1) is 9.36. The number of pyridine rings is 1. The zero-order valence-corrected chi connectivity index (χ0v) is 12.4. The number of hydrogen-bond donors (Lipinski definition) is 1. The second kappa shape index (κ2) is 7.49. The molecule has 0 atom stereocenters. The lowest BCUT2D eigenvalue weighted by molar-refractivity contribution is 0.664. The lowest BCUT2D eigenvalue weighted by Crippen LogP contribution is -2.29. The Morgan fingerprint density at radius 2 is 2.16 bits per heavy atom. The van der Waals surface area contributed by atoms with Gasteiger partial charge in [0, 0.05) is 25.3 Å². The second-order valence-corrected chi connectivity index (χ2v) is 5.46. The van der Waals surface area contributed by atoms with Gasteiger partial charge in [-0.05, 0) is 43.9 Å². The summed E-state index contributed by atoms with van der Waals surface area (Å²) in [6.45, 7) is 7.69. The van der Waals surface area contributed by atoms with Gasteiger partial charge in [-0.3, -0.25) is 4.98 Å². The van der Waals surface area contributed by atoms with Crippen LogP contribution in [0, 0.1) is 0 Å². The summed E-state index contributed by atoms with van der Waals surface area (Å²) in [5, 5.41) is 3.51. The highest BCUT2D eigenvalue weighted by molar-refractivity contribution is 5.53. The summed E-state index contributed by atoms with van der Waals surface area (Å²) >= 11 is 0. The molecule has 0 radical (unpaired) electrons. The molecule has 106 valence electrons. The summed E-state index contributed by atoms with van der Waals surface area (Å²) in [7, 11) is 0. The van der Waals surface area contributed by atoms with E-state index in [1.54, 1.807) is 0 Å². The van der Waals surface area contributed by atoms with Gasteiger partial charge < -0.3 is 10.2 Å². The smallest absolute Gasteiger partial charge is 0.0600 e. The molecule has 3 nitrogen and oxygen atoms in total. The van der Waals surface area contributed by atoms with Gasteiger partial charge in [0.25, 0.3) is 0 Å². The number of hydrogen-bond acceptors (Lipinski definition) is 3. The SMILES string of the molecule is CCCCN(c1cnccc1CNCCC)C1CC1. The van der Waals surface area contributed by atoms with Crippen LogP contribution in [0.3, 0.4) is 0 Å². The molecule has 19 heavy (non-hydrogen) atoms. The maximum absolute atomic E-state index is 4.34. The molecule has 1 aliphatic carbocycles. The van der Waals surface area contributed by atoms with Gasteiger partial charge in [-0.15, -0.1) is 0 Å². The van der Waals surface area contributed by atoms with Crippen molar-refractivity contribution in [2.75, 3.05) is 18.0 Å². The number of anilines is 1. The van der Waals surface area contributed by atoms with Crippen molar-refractivity contribution in [3.05, 3.63) is 24.0 Å². The summed E-state index contributed by atoms with van der Waals surface area (Å²) in [6.07, 6.45) is 10.4. The van der Waals surface area contributed by atoms with Crippen LogP contribution < -0.4 is 10.2 Å². The number of nitrogens with one attached hydrogen (secondary N) is 1. The van der Waals surface area contributed by atoms with Gasteiger partial charge in [0.15, 0.2) is 0 Å². The third kappa shape index (κ3) is 4.20. The van der Waals surface area contributed by atoms with Crippen molar-refractivity contribution in [3.8, 4) is 0 Å². The Labute approximate surface area is 117 Å². The third-order valence-electron chi connectivity index (χ3n) is 3.68. The molecule has 1 fully saturated rings. The fourth-order valence-electron chi connectivity index (χ4n) is 2.44. The molecule has 0 bridgehead atoms. The summed E-state index contributed by atoms with van der Waals surface area (Å²) in [5.74, 6) is 0. The lowest BCUT2D eigenvalue weighted by Gasteiger charge is -2.26. The molecule has 1 heterocycles. The fourth-order valence-corrected chi connectivity index (χ4v) is 2.44. The van der Waals surface area contributed by atoms with E-state index in [4.69, 9.17) is 0 Å². The zero-order chi connectivity index (χ0) is 13.5. The standard InChI is InChI=1S/C16H27N3/c1-3-5-11-19(15-6-7-15)16-13-18-10-8-14(16)12-17-9-4-2/h8,10,13,15,17H,3-7,9,11-12H2,1-2H3. The normalized spacial score (nSPS) is 14.6. The van der Waals surface area contributed by atoms with Crippen molar-refractivity contribution >= 4 is 5.69 Å². The Balaban J connectivity index is 2.06. The first kappa shape index (κ1) is 14.3. The molecular weight excluding hydrogens is 234 g/mol. The van der Waals surface area contributed by atoms with Crippen molar-refractivity contribution in [1.29, 1.82) is 0 Å². The van der Waals surface area contributed by atoms with Gasteiger partial charge in [-0.1, -0.05) is 20.3 Å². The largest absolute Gasteiger partial charge is 0.367 e. The molecule has 0 unspecified atom stereocenters. The molecule has 1 aromatic heterocycles. The highest BCUT2D eigenvalue weighted by atomic mass is 15.2. The van der Waals surface area contributed by atoms with Crippen LogP contribution in [0.1, 0.15) is 51.5 Å². The molecule has 1 N–H and O–H groups in total. The van der Waals surface area contributed by atoms with Crippen molar-refractivity contribution in [1.82, 2.24) is 10.3 Å². The van der Waals surface area contributed by atoms with Gasteiger partial charge in [-0.2, -0.15) is 0 Å². The topological polar surface area (TPSA) is 28.2 Å². The second-order valence-electron chi connectivity index (χ2n) is 5.46. The minimum absolute atomic E-state index is 0.765. The molecule has 0 aliphatic heterocycles. The molecule has 1 aromatic rings. The lowest BCUT2D eigenvalue weighted by atomic mass is 10.2. The molecule has 1 saturated carbocycles. The van der Waals surface area contributed by atoms with Crippen LogP contribution in [0.2, 0.25) is 0 Å². The van der Waals surface area contributed by atoms with Gasteiger partial charge >= 0.3 is 0 Å². The Bertz CT molecular complexity index is 374. The van der Waals surface area contributed by atoms with Crippen LogP contribution in [-0.2, 0) is 6.54 Å². The molecule has 1 aliphatic rings. The van der Waals surface area contributed by atoms with Crippen LogP contribution in [0.15, 0.2) is 18.5 Å². The van der Waals surface area contributed by atoms with E-state index in [1.165, 1.54) is 49.9 Å². The van der Waals surface area contributed by atoms with Crippen molar-refractivity contribution < 1.29 is 0 Å². The molecule has 0 saturated heterocycles. The van der Waals surface area contributed by atoms with Gasteiger partial charge in [0.05, 0.1) is 11.9 Å².